The molecule has 0 unspecified atom stereocenters. The van der Waals surface area contributed by atoms with E-state index < -0.39 is 19.3 Å². The third-order valence-electron chi connectivity index (χ3n) is 2.42. The molecule has 0 spiro atoms. The molecule has 0 amide bonds. The highest BCUT2D eigenvalue weighted by atomic mass is 79.9. The number of carbonyl (C=O) groups is 1. The number of Topliss-reactive ketones (excluding diaryl/α,β-unsaturated/α-hetero) is 1. The average Bonchev–Trinajstić information content (AvgIpc) is 2.26. The Balaban J connectivity index is 3.24. The Morgan fingerprint density at radius 3 is 2.19 bits per heavy atom. The van der Waals surface area contributed by atoms with Crippen molar-refractivity contribution >= 4 is 31.6 Å². The molecule has 16 heavy (non-hydrogen) atoms. The van der Waals surface area contributed by atoms with E-state index in [0.29, 0.717) is 5.56 Å². The maximum absolute atomic E-state index is 12.1. The maximum atomic E-state index is 12.1. The molecule has 1 atom stereocenters. The van der Waals surface area contributed by atoms with E-state index >= 15 is 0 Å². The van der Waals surface area contributed by atoms with Gasteiger partial charge in [0.15, 0.2) is 19.3 Å². The zero-order chi connectivity index (χ0) is 12.4. The second-order valence-corrected chi connectivity index (χ2v) is 7.67. The highest BCUT2D eigenvalue weighted by Crippen LogP contribution is 2.32. The summed E-state index contributed by atoms with van der Waals surface area (Å²) < 4.78 is 21.8. The first kappa shape index (κ1) is 13.4. The van der Waals surface area contributed by atoms with Crippen molar-refractivity contribution in [3.8, 4) is 0 Å². The Bertz CT molecular complexity index is 481. The zero-order valence-corrected chi connectivity index (χ0v) is 11.5. The molecule has 0 fully saturated rings. The van der Waals surface area contributed by atoms with Gasteiger partial charge in [-0.1, -0.05) is 53.2 Å². The summed E-state index contributed by atoms with van der Waals surface area (Å²) in [5.41, 5.74) is 0.395. The van der Waals surface area contributed by atoms with Crippen LogP contribution < -0.4 is 0 Å². The average molecular weight is 305 g/mol. The van der Waals surface area contributed by atoms with Crippen molar-refractivity contribution in [2.24, 2.45) is 0 Å². The summed E-state index contributed by atoms with van der Waals surface area (Å²) in [6, 6.07) is 8.41. The van der Waals surface area contributed by atoms with Crippen molar-refractivity contribution in [3.05, 3.63) is 35.9 Å². The number of hydrogen-bond donors (Lipinski definition) is 0. The Kier molecular flexibility index (Phi) is 3.91. The molecule has 0 radical (unpaired) electrons. The highest BCUT2D eigenvalue weighted by molar-refractivity contribution is 9.12. The van der Waals surface area contributed by atoms with Crippen LogP contribution in [0.2, 0.25) is 0 Å². The predicted octanol–water partition coefficient (Wildman–Crippen LogP) is 2.42. The summed E-state index contributed by atoms with van der Waals surface area (Å²) in [4.78, 5) is 12.1. The van der Waals surface area contributed by atoms with Gasteiger partial charge in [0.05, 0.1) is 0 Å². The lowest BCUT2D eigenvalue weighted by Crippen LogP contribution is -2.39. The summed E-state index contributed by atoms with van der Waals surface area (Å²) in [5, 5.41) is 0. The van der Waals surface area contributed by atoms with Gasteiger partial charge < -0.3 is 0 Å². The number of rotatable bonds is 4. The minimum Gasteiger partial charge on any atom is -0.291 e. The molecule has 1 aromatic carbocycles. The van der Waals surface area contributed by atoms with Gasteiger partial charge in [-0.15, -0.1) is 0 Å². The largest absolute Gasteiger partial charge is 0.291 e. The van der Waals surface area contributed by atoms with E-state index in [4.69, 9.17) is 0 Å². The molecule has 0 heterocycles. The smallest absolute Gasteiger partial charge is 0.194 e. The van der Waals surface area contributed by atoms with Crippen molar-refractivity contribution in [3.63, 3.8) is 0 Å². The van der Waals surface area contributed by atoms with Crippen LogP contribution in [0.1, 0.15) is 23.7 Å². The minimum atomic E-state index is -3.49. The molecule has 0 aliphatic rings. The lowest BCUT2D eigenvalue weighted by Gasteiger charge is -2.22. The molecular formula is C11H13BrO3S. The van der Waals surface area contributed by atoms with Crippen LogP contribution in [-0.2, 0) is 9.84 Å². The monoisotopic (exact) mass is 304 g/mol. The van der Waals surface area contributed by atoms with Crippen LogP contribution in [-0.4, -0.2) is 24.1 Å². The molecule has 0 saturated carbocycles. The predicted molar refractivity (Wildman–Crippen MR) is 67.6 cm³/mol. The zero-order valence-electron chi connectivity index (χ0n) is 9.10. The van der Waals surface area contributed by atoms with E-state index in [2.05, 4.69) is 15.9 Å². The van der Waals surface area contributed by atoms with E-state index in [-0.39, 0.29) is 6.42 Å². The van der Waals surface area contributed by atoms with E-state index in [1.807, 2.05) is 0 Å². The van der Waals surface area contributed by atoms with Crippen LogP contribution in [0.4, 0.5) is 0 Å². The Morgan fingerprint density at radius 2 is 1.81 bits per heavy atom. The summed E-state index contributed by atoms with van der Waals surface area (Å²) >= 11 is 3.07. The van der Waals surface area contributed by atoms with Gasteiger partial charge in [-0.2, -0.15) is 0 Å². The summed E-state index contributed by atoms with van der Waals surface area (Å²) in [7, 11) is -3.49. The van der Waals surface area contributed by atoms with Crippen molar-refractivity contribution in [1.82, 2.24) is 0 Å². The molecule has 0 aliphatic carbocycles. The summed E-state index contributed by atoms with van der Waals surface area (Å²) in [6.45, 7) is 1.66. The van der Waals surface area contributed by atoms with Crippen LogP contribution in [0.3, 0.4) is 0 Å². The van der Waals surface area contributed by atoms with Crippen LogP contribution in [0, 0.1) is 0 Å². The molecule has 1 aromatic rings. The quantitative estimate of drug-likeness (QED) is 0.634. The Labute approximate surface area is 104 Å². The van der Waals surface area contributed by atoms with Crippen molar-refractivity contribution in [1.29, 1.82) is 0 Å². The fourth-order valence-electron chi connectivity index (χ4n) is 1.40. The number of hydrogen-bond acceptors (Lipinski definition) is 3. The molecule has 0 aliphatic heterocycles. The molecule has 0 bridgehead atoms. The molecular weight excluding hydrogens is 292 g/mol. The number of ketones is 1. The molecule has 3 nitrogen and oxygen atoms in total. The molecule has 1 rings (SSSR count). The number of sulfone groups is 1. The molecule has 5 heteroatoms. The van der Waals surface area contributed by atoms with E-state index in [0.717, 1.165) is 6.26 Å². The number of carbonyl (C=O) groups excluding carboxylic acids is 1. The second kappa shape index (κ2) is 4.67. The van der Waals surface area contributed by atoms with Gasteiger partial charge >= 0.3 is 0 Å². The first-order chi connectivity index (χ1) is 7.33. The fourth-order valence-corrected chi connectivity index (χ4v) is 2.60. The highest BCUT2D eigenvalue weighted by Gasteiger charge is 2.44. The first-order valence-corrected chi connectivity index (χ1v) is 7.49. The SMILES string of the molecule is CC[C@](Br)(C(=O)c1ccccc1)S(C)(=O)=O. The third kappa shape index (κ3) is 2.35. The van der Waals surface area contributed by atoms with E-state index in [9.17, 15) is 13.2 Å². The third-order valence-corrected chi connectivity index (χ3v) is 6.75. The van der Waals surface area contributed by atoms with Crippen molar-refractivity contribution in [2.75, 3.05) is 6.26 Å². The van der Waals surface area contributed by atoms with E-state index in [1.165, 1.54) is 0 Å². The second-order valence-electron chi connectivity index (χ2n) is 3.55. The van der Waals surface area contributed by atoms with Crippen LogP contribution in [0.15, 0.2) is 30.3 Å². The normalized spacial score (nSPS) is 15.4. The van der Waals surface area contributed by atoms with Gasteiger partial charge in [-0.05, 0) is 6.42 Å². The Morgan fingerprint density at radius 1 is 1.31 bits per heavy atom. The van der Waals surface area contributed by atoms with Gasteiger partial charge in [0.25, 0.3) is 0 Å². The molecule has 0 saturated heterocycles. The number of alkyl halides is 1. The minimum absolute atomic E-state index is 0.194. The standard InChI is InChI=1S/C11H13BrO3S/c1-3-11(12,16(2,14)15)10(13)9-7-5-4-6-8-9/h4-8H,3H2,1-2H3/t11-/m1/s1. The topological polar surface area (TPSA) is 51.2 Å². The van der Waals surface area contributed by atoms with E-state index in [1.54, 1.807) is 37.3 Å². The lowest BCUT2D eigenvalue weighted by atomic mass is 10.1. The first-order valence-electron chi connectivity index (χ1n) is 4.81. The van der Waals surface area contributed by atoms with Crippen molar-refractivity contribution < 1.29 is 13.2 Å². The van der Waals surface area contributed by atoms with Crippen LogP contribution in [0.25, 0.3) is 0 Å². The van der Waals surface area contributed by atoms with Crippen LogP contribution >= 0.6 is 15.9 Å². The Hall–Kier alpha value is -0.680. The maximum Gasteiger partial charge on any atom is 0.194 e. The van der Waals surface area contributed by atoms with Gasteiger partial charge in [0, 0.05) is 11.8 Å². The van der Waals surface area contributed by atoms with Gasteiger partial charge in [-0.3, -0.25) is 4.79 Å². The summed E-state index contributed by atoms with van der Waals surface area (Å²) in [6.07, 6.45) is 1.26. The molecule has 88 valence electrons. The molecule has 0 N–H and O–H groups in total. The van der Waals surface area contributed by atoms with Gasteiger partial charge in [-0.25, -0.2) is 8.42 Å². The van der Waals surface area contributed by atoms with Crippen molar-refractivity contribution in [2.45, 2.75) is 17.0 Å². The lowest BCUT2D eigenvalue weighted by molar-refractivity contribution is 0.0976. The fraction of sp³-hybridized carbons (Fsp3) is 0.364. The number of halogens is 1. The van der Waals surface area contributed by atoms with Crippen LogP contribution in [0.5, 0.6) is 0 Å². The summed E-state index contributed by atoms with van der Waals surface area (Å²) in [5.74, 6) is -0.418. The van der Waals surface area contributed by atoms with Gasteiger partial charge in [0.2, 0.25) is 0 Å². The molecule has 0 aromatic heterocycles. The number of benzene rings is 1. The van der Waals surface area contributed by atoms with Gasteiger partial charge in [0.1, 0.15) is 0 Å².